The Morgan fingerprint density at radius 2 is 2.05 bits per heavy atom. The molecule has 0 saturated carbocycles. The fourth-order valence-electron chi connectivity index (χ4n) is 1.93. The third kappa shape index (κ3) is 5.61. The standard InChI is InChI=1S/C15H20ClN5S/c1-11-21-13(10-22-11)6-8-19-15(17-2)18-7-5-12-3-4-14(16)20-9-12/h3-4,9-10H,5-8H2,1-2H3,(H2,17,18,19). The summed E-state index contributed by atoms with van der Waals surface area (Å²) in [6.45, 7) is 3.62. The second-order valence-corrected chi connectivity index (χ2v) is 6.22. The van der Waals surface area contributed by atoms with Gasteiger partial charge in [0.05, 0.1) is 10.7 Å². The second-order valence-electron chi connectivity index (χ2n) is 4.77. The van der Waals surface area contributed by atoms with Crippen LogP contribution < -0.4 is 10.6 Å². The molecule has 5 nitrogen and oxygen atoms in total. The van der Waals surface area contributed by atoms with Crippen LogP contribution >= 0.6 is 22.9 Å². The van der Waals surface area contributed by atoms with Crippen LogP contribution in [-0.2, 0) is 12.8 Å². The number of nitrogens with one attached hydrogen (secondary N) is 2. The smallest absolute Gasteiger partial charge is 0.190 e. The van der Waals surface area contributed by atoms with Crippen LogP contribution in [0.4, 0.5) is 0 Å². The van der Waals surface area contributed by atoms with E-state index in [-0.39, 0.29) is 0 Å². The molecule has 0 radical (unpaired) electrons. The highest BCUT2D eigenvalue weighted by Gasteiger charge is 2.01. The van der Waals surface area contributed by atoms with Crippen LogP contribution in [0.5, 0.6) is 0 Å². The fraction of sp³-hybridized carbons (Fsp3) is 0.400. The highest BCUT2D eigenvalue weighted by molar-refractivity contribution is 7.09. The van der Waals surface area contributed by atoms with Gasteiger partial charge in [0.15, 0.2) is 5.96 Å². The van der Waals surface area contributed by atoms with Gasteiger partial charge < -0.3 is 10.6 Å². The first-order valence-electron chi connectivity index (χ1n) is 7.13. The van der Waals surface area contributed by atoms with Crippen LogP contribution in [0.25, 0.3) is 0 Å². The van der Waals surface area contributed by atoms with Gasteiger partial charge in [-0.1, -0.05) is 17.7 Å². The van der Waals surface area contributed by atoms with Crippen LogP contribution in [0.2, 0.25) is 5.15 Å². The minimum atomic E-state index is 0.520. The zero-order valence-electron chi connectivity index (χ0n) is 12.8. The summed E-state index contributed by atoms with van der Waals surface area (Å²) >= 11 is 7.45. The average Bonchev–Trinajstić information content (AvgIpc) is 2.93. The molecule has 2 N–H and O–H groups in total. The number of aromatic nitrogens is 2. The number of aliphatic imine (C=N–C) groups is 1. The van der Waals surface area contributed by atoms with Gasteiger partial charge in [-0.25, -0.2) is 9.97 Å². The lowest BCUT2D eigenvalue weighted by Gasteiger charge is -2.11. The molecule has 7 heteroatoms. The van der Waals surface area contributed by atoms with Crippen molar-refractivity contribution in [1.29, 1.82) is 0 Å². The van der Waals surface area contributed by atoms with Gasteiger partial charge in [-0.3, -0.25) is 4.99 Å². The number of aryl methyl sites for hydroxylation is 1. The van der Waals surface area contributed by atoms with Crippen molar-refractivity contribution in [3.63, 3.8) is 0 Å². The SMILES string of the molecule is CN=C(NCCc1ccc(Cl)nc1)NCCc1csc(C)n1. The Morgan fingerprint density at radius 1 is 1.27 bits per heavy atom. The Bertz CT molecular complexity index is 609. The molecular weight excluding hydrogens is 318 g/mol. The molecule has 118 valence electrons. The first kappa shape index (κ1) is 16.7. The van der Waals surface area contributed by atoms with E-state index in [9.17, 15) is 0 Å². The minimum absolute atomic E-state index is 0.520. The number of hydrogen-bond donors (Lipinski definition) is 2. The third-order valence-electron chi connectivity index (χ3n) is 3.06. The highest BCUT2D eigenvalue weighted by atomic mass is 35.5. The van der Waals surface area contributed by atoms with Gasteiger partial charge in [-0.15, -0.1) is 11.3 Å². The van der Waals surface area contributed by atoms with Crippen LogP contribution in [0.15, 0.2) is 28.7 Å². The lowest BCUT2D eigenvalue weighted by Crippen LogP contribution is -2.39. The number of hydrogen-bond acceptors (Lipinski definition) is 4. The summed E-state index contributed by atoms with van der Waals surface area (Å²) in [4.78, 5) is 12.7. The first-order chi connectivity index (χ1) is 10.7. The van der Waals surface area contributed by atoms with Crippen molar-refractivity contribution in [2.45, 2.75) is 19.8 Å². The summed E-state index contributed by atoms with van der Waals surface area (Å²) in [6.07, 6.45) is 3.56. The average molecular weight is 338 g/mol. The summed E-state index contributed by atoms with van der Waals surface area (Å²) in [5, 5.41) is 10.3. The number of halogens is 1. The molecule has 0 atom stereocenters. The van der Waals surface area contributed by atoms with Crippen molar-refractivity contribution in [1.82, 2.24) is 20.6 Å². The van der Waals surface area contributed by atoms with Gasteiger partial charge in [0, 0.05) is 38.1 Å². The Labute approximate surface area is 139 Å². The summed E-state index contributed by atoms with van der Waals surface area (Å²) < 4.78 is 0. The summed E-state index contributed by atoms with van der Waals surface area (Å²) in [7, 11) is 1.77. The second kappa shape index (κ2) is 8.70. The van der Waals surface area contributed by atoms with Gasteiger partial charge >= 0.3 is 0 Å². The fourth-order valence-corrected chi connectivity index (χ4v) is 2.69. The molecule has 0 saturated heterocycles. The van der Waals surface area contributed by atoms with E-state index in [4.69, 9.17) is 11.6 Å². The van der Waals surface area contributed by atoms with E-state index in [1.165, 1.54) is 0 Å². The Balaban J connectivity index is 1.67. The Kier molecular flexibility index (Phi) is 6.61. The quantitative estimate of drug-likeness (QED) is 0.483. The molecule has 0 bridgehead atoms. The zero-order valence-corrected chi connectivity index (χ0v) is 14.3. The van der Waals surface area contributed by atoms with Crippen molar-refractivity contribution in [2.75, 3.05) is 20.1 Å². The predicted molar refractivity (Wildman–Crippen MR) is 92.9 cm³/mol. The molecular formula is C15H20ClN5S. The molecule has 0 aromatic carbocycles. The largest absolute Gasteiger partial charge is 0.356 e. The molecule has 0 amide bonds. The van der Waals surface area contributed by atoms with E-state index >= 15 is 0 Å². The Hall–Kier alpha value is -1.66. The van der Waals surface area contributed by atoms with E-state index in [0.717, 1.165) is 48.2 Å². The molecule has 0 aliphatic heterocycles. The van der Waals surface area contributed by atoms with E-state index in [2.05, 4.69) is 31.0 Å². The third-order valence-corrected chi connectivity index (χ3v) is 4.10. The summed E-state index contributed by atoms with van der Waals surface area (Å²) in [6, 6.07) is 3.79. The van der Waals surface area contributed by atoms with Gasteiger partial charge in [0.1, 0.15) is 5.15 Å². The molecule has 2 heterocycles. The molecule has 0 aliphatic carbocycles. The zero-order chi connectivity index (χ0) is 15.8. The molecule has 0 fully saturated rings. The van der Waals surface area contributed by atoms with Gasteiger partial charge in [0.2, 0.25) is 0 Å². The van der Waals surface area contributed by atoms with Crippen molar-refractivity contribution in [3.05, 3.63) is 45.1 Å². The van der Waals surface area contributed by atoms with E-state index in [1.54, 1.807) is 30.6 Å². The highest BCUT2D eigenvalue weighted by Crippen LogP contribution is 2.07. The molecule has 0 unspecified atom stereocenters. The van der Waals surface area contributed by atoms with Crippen LogP contribution in [0.1, 0.15) is 16.3 Å². The first-order valence-corrected chi connectivity index (χ1v) is 8.39. The number of pyridine rings is 1. The van der Waals surface area contributed by atoms with Crippen molar-refractivity contribution >= 4 is 28.9 Å². The molecule has 2 aromatic rings. The lowest BCUT2D eigenvalue weighted by atomic mass is 10.2. The van der Waals surface area contributed by atoms with Gasteiger partial charge in [-0.05, 0) is 25.0 Å². The maximum Gasteiger partial charge on any atom is 0.190 e. The van der Waals surface area contributed by atoms with E-state index in [1.807, 2.05) is 13.0 Å². The predicted octanol–water partition coefficient (Wildman–Crippen LogP) is 2.45. The molecule has 2 rings (SSSR count). The lowest BCUT2D eigenvalue weighted by molar-refractivity contribution is 0.776. The number of rotatable bonds is 6. The molecule has 0 spiro atoms. The maximum atomic E-state index is 5.77. The van der Waals surface area contributed by atoms with Gasteiger partial charge in [-0.2, -0.15) is 0 Å². The minimum Gasteiger partial charge on any atom is -0.356 e. The molecule has 2 aromatic heterocycles. The van der Waals surface area contributed by atoms with Gasteiger partial charge in [0.25, 0.3) is 0 Å². The normalized spacial score (nSPS) is 11.5. The summed E-state index contributed by atoms with van der Waals surface area (Å²) in [5.41, 5.74) is 2.27. The molecule has 22 heavy (non-hydrogen) atoms. The number of thiazole rings is 1. The van der Waals surface area contributed by atoms with Crippen molar-refractivity contribution in [2.24, 2.45) is 4.99 Å². The van der Waals surface area contributed by atoms with Crippen molar-refractivity contribution in [3.8, 4) is 0 Å². The van der Waals surface area contributed by atoms with E-state index in [0.29, 0.717) is 5.15 Å². The topological polar surface area (TPSA) is 62.2 Å². The number of guanidine groups is 1. The maximum absolute atomic E-state index is 5.77. The number of nitrogens with zero attached hydrogens (tertiary/aromatic N) is 3. The van der Waals surface area contributed by atoms with Crippen molar-refractivity contribution < 1.29 is 0 Å². The van der Waals surface area contributed by atoms with Crippen LogP contribution in [-0.4, -0.2) is 36.1 Å². The Morgan fingerprint density at radius 3 is 2.64 bits per heavy atom. The molecule has 0 aliphatic rings. The van der Waals surface area contributed by atoms with Crippen LogP contribution in [0.3, 0.4) is 0 Å². The monoisotopic (exact) mass is 337 g/mol. The van der Waals surface area contributed by atoms with E-state index < -0.39 is 0 Å². The van der Waals surface area contributed by atoms with Crippen LogP contribution in [0, 0.1) is 6.92 Å². The summed E-state index contributed by atoms with van der Waals surface area (Å²) in [5.74, 6) is 0.800.